The minimum absolute atomic E-state index is 0.0114. The fraction of sp³-hybridized carbons (Fsp3) is 0.0833. The van der Waals surface area contributed by atoms with Gasteiger partial charge in [-0.25, -0.2) is 8.42 Å². The lowest BCUT2D eigenvalue weighted by Crippen LogP contribution is -2.41. The highest BCUT2D eigenvalue weighted by Gasteiger charge is 2.19. The van der Waals surface area contributed by atoms with Gasteiger partial charge in [0.1, 0.15) is 4.90 Å². The van der Waals surface area contributed by atoms with Gasteiger partial charge >= 0.3 is 5.91 Å². The Morgan fingerprint density at radius 2 is 2.05 bits per heavy atom. The van der Waals surface area contributed by atoms with Gasteiger partial charge in [-0.05, 0) is 36.8 Å². The van der Waals surface area contributed by atoms with Crippen LogP contribution in [0.5, 0.6) is 0 Å². The molecule has 2 N–H and O–H groups in total. The monoisotopic (exact) mass is 314 g/mol. The molecule has 0 aliphatic rings. The Balaban J connectivity index is 2.14. The zero-order chi connectivity index (χ0) is 14.8. The second-order valence-corrected chi connectivity index (χ2v) is 6.03. The lowest BCUT2D eigenvalue weighted by molar-refractivity contribution is 0.0917. The number of benzene rings is 1. The molecule has 20 heavy (non-hydrogen) atoms. The fourth-order valence-corrected chi connectivity index (χ4v) is 2.90. The van der Waals surface area contributed by atoms with Gasteiger partial charge < -0.3 is 4.42 Å². The number of amides is 1. The van der Waals surface area contributed by atoms with Gasteiger partial charge in [-0.1, -0.05) is 17.7 Å². The molecule has 0 bridgehead atoms. The number of hydrazine groups is 1. The Bertz CT molecular complexity index is 726. The Hall–Kier alpha value is -1.83. The zero-order valence-corrected chi connectivity index (χ0v) is 12.0. The highest BCUT2D eigenvalue weighted by atomic mass is 35.5. The quantitative estimate of drug-likeness (QED) is 0.843. The first-order valence-corrected chi connectivity index (χ1v) is 7.38. The van der Waals surface area contributed by atoms with E-state index < -0.39 is 15.9 Å². The highest BCUT2D eigenvalue weighted by Crippen LogP contribution is 2.21. The average Bonchev–Trinajstić information content (AvgIpc) is 2.89. The van der Waals surface area contributed by atoms with Gasteiger partial charge in [0.25, 0.3) is 10.0 Å². The van der Waals surface area contributed by atoms with Crippen LogP contribution in [0.25, 0.3) is 0 Å². The van der Waals surface area contributed by atoms with E-state index >= 15 is 0 Å². The molecule has 0 spiro atoms. The van der Waals surface area contributed by atoms with Crippen molar-refractivity contribution in [2.24, 2.45) is 0 Å². The fourth-order valence-electron chi connectivity index (χ4n) is 1.46. The second-order valence-electron chi connectivity index (χ2n) is 3.97. The average molecular weight is 315 g/mol. The van der Waals surface area contributed by atoms with Gasteiger partial charge in [-0.2, -0.15) is 0 Å². The summed E-state index contributed by atoms with van der Waals surface area (Å²) in [5.41, 5.74) is 2.86. The molecule has 1 aromatic heterocycles. The third kappa shape index (κ3) is 3.19. The first kappa shape index (κ1) is 14.6. The van der Waals surface area contributed by atoms with E-state index in [2.05, 4.69) is 0 Å². The number of carbonyl (C=O) groups is 1. The van der Waals surface area contributed by atoms with Crippen molar-refractivity contribution >= 4 is 27.5 Å². The predicted octanol–water partition coefficient (Wildman–Crippen LogP) is 1.86. The standard InChI is InChI=1S/C12H11ClN2O4S/c1-8-4-5-11(9(13)7-8)20(17,18)15-14-12(16)10-3-2-6-19-10/h2-7,15H,1H3,(H,14,16). The Morgan fingerprint density at radius 1 is 1.30 bits per heavy atom. The molecule has 2 rings (SSSR count). The summed E-state index contributed by atoms with van der Waals surface area (Å²) in [6.45, 7) is 1.79. The van der Waals surface area contributed by atoms with E-state index in [4.69, 9.17) is 16.0 Å². The molecule has 0 radical (unpaired) electrons. The topological polar surface area (TPSA) is 88.4 Å². The van der Waals surface area contributed by atoms with Crippen LogP contribution in [0.3, 0.4) is 0 Å². The molecule has 0 fully saturated rings. The Morgan fingerprint density at radius 3 is 2.65 bits per heavy atom. The van der Waals surface area contributed by atoms with Crippen LogP contribution in [0.4, 0.5) is 0 Å². The number of furan rings is 1. The van der Waals surface area contributed by atoms with Crippen molar-refractivity contribution in [3.05, 3.63) is 52.9 Å². The number of halogens is 1. The summed E-state index contributed by atoms with van der Waals surface area (Å²) in [5, 5.41) is 0.0738. The minimum Gasteiger partial charge on any atom is -0.459 e. The number of sulfonamides is 1. The van der Waals surface area contributed by atoms with E-state index in [0.29, 0.717) is 0 Å². The predicted molar refractivity (Wildman–Crippen MR) is 72.7 cm³/mol. The molecule has 0 unspecified atom stereocenters. The van der Waals surface area contributed by atoms with E-state index in [1.165, 1.54) is 30.5 Å². The Labute approximate surface area is 120 Å². The van der Waals surface area contributed by atoms with E-state index in [-0.39, 0.29) is 15.7 Å². The molecule has 0 aliphatic heterocycles. The second kappa shape index (κ2) is 5.66. The van der Waals surface area contributed by atoms with Crippen LogP contribution in [0.15, 0.2) is 45.9 Å². The molecule has 0 saturated heterocycles. The molecule has 106 valence electrons. The number of carbonyl (C=O) groups excluding carboxylic acids is 1. The summed E-state index contributed by atoms with van der Waals surface area (Å²) in [5.74, 6) is -0.718. The summed E-state index contributed by atoms with van der Waals surface area (Å²) < 4.78 is 28.8. The molecule has 0 atom stereocenters. The molecule has 1 amide bonds. The zero-order valence-electron chi connectivity index (χ0n) is 10.4. The molecule has 8 heteroatoms. The van der Waals surface area contributed by atoms with Crippen molar-refractivity contribution in [2.45, 2.75) is 11.8 Å². The van der Waals surface area contributed by atoms with Crippen LogP contribution in [0, 0.1) is 6.92 Å². The summed E-state index contributed by atoms with van der Waals surface area (Å²) in [4.78, 5) is 13.4. The number of hydrogen-bond donors (Lipinski definition) is 2. The van der Waals surface area contributed by atoms with Gasteiger partial charge in [0.05, 0.1) is 11.3 Å². The third-order valence-electron chi connectivity index (χ3n) is 2.42. The van der Waals surface area contributed by atoms with Crippen LogP contribution in [-0.4, -0.2) is 14.3 Å². The van der Waals surface area contributed by atoms with Gasteiger partial charge in [-0.15, -0.1) is 4.83 Å². The van der Waals surface area contributed by atoms with Gasteiger partial charge in [0.15, 0.2) is 5.76 Å². The maximum Gasteiger partial charge on any atom is 0.301 e. The van der Waals surface area contributed by atoms with Crippen molar-refractivity contribution in [3.63, 3.8) is 0 Å². The lowest BCUT2D eigenvalue weighted by Gasteiger charge is -2.09. The van der Waals surface area contributed by atoms with Crippen LogP contribution in [0.2, 0.25) is 5.02 Å². The first-order chi connectivity index (χ1) is 9.40. The Kier molecular flexibility index (Phi) is 4.12. The van der Waals surface area contributed by atoms with E-state index in [1.807, 2.05) is 10.3 Å². The van der Waals surface area contributed by atoms with Crippen molar-refractivity contribution < 1.29 is 17.6 Å². The summed E-state index contributed by atoms with van der Waals surface area (Å²) in [7, 11) is -3.95. The van der Waals surface area contributed by atoms with Crippen molar-refractivity contribution in [3.8, 4) is 0 Å². The SMILES string of the molecule is Cc1ccc(S(=O)(=O)NNC(=O)c2ccco2)c(Cl)c1. The normalized spacial score (nSPS) is 11.3. The molecule has 1 aromatic carbocycles. The molecular weight excluding hydrogens is 304 g/mol. The van der Waals surface area contributed by atoms with Crippen LogP contribution in [0.1, 0.15) is 16.1 Å². The van der Waals surface area contributed by atoms with Crippen LogP contribution < -0.4 is 10.3 Å². The largest absolute Gasteiger partial charge is 0.459 e. The van der Waals surface area contributed by atoms with Gasteiger partial charge in [0.2, 0.25) is 0 Å². The number of rotatable bonds is 4. The van der Waals surface area contributed by atoms with E-state index in [1.54, 1.807) is 13.0 Å². The molecule has 6 nitrogen and oxygen atoms in total. The van der Waals surface area contributed by atoms with Gasteiger partial charge in [-0.3, -0.25) is 10.2 Å². The highest BCUT2D eigenvalue weighted by molar-refractivity contribution is 7.89. The van der Waals surface area contributed by atoms with E-state index in [9.17, 15) is 13.2 Å². The molecule has 0 saturated carbocycles. The maximum absolute atomic E-state index is 12.0. The summed E-state index contributed by atoms with van der Waals surface area (Å²) in [6.07, 6.45) is 1.31. The third-order valence-corrected chi connectivity index (χ3v) is 4.15. The summed E-state index contributed by atoms with van der Waals surface area (Å²) >= 11 is 5.88. The smallest absolute Gasteiger partial charge is 0.301 e. The summed E-state index contributed by atoms with van der Waals surface area (Å²) in [6, 6.07) is 7.40. The van der Waals surface area contributed by atoms with Crippen molar-refractivity contribution in [2.75, 3.05) is 0 Å². The molecule has 0 aliphatic carbocycles. The number of aryl methyl sites for hydroxylation is 1. The first-order valence-electron chi connectivity index (χ1n) is 5.52. The molecular formula is C12H11ClN2O4S. The van der Waals surface area contributed by atoms with Crippen LogP contribution >= 0.6 is 11.6 Å². The minimum atomic E-state index is -3.95. The van der Waals surface area contributed by atoms with E-state index in [0.717, 1.165) is 5.56 Å². The number of hydrogen-bond acceptors (Lipinski definition) is 4. The van der Waals surface area contributed by atoms with Crippen molar-refractivity contribution in [1.29, 1.82) is 0 Å². The van der Waals surface area contributed by atoms with Crippen LogP contribution in [-0.2, 0) is 10.0 Å². The maximum atomic E-state index is 12.0. The molecule has 1 heterocycles. The number of nitrogens with one attached hydrogen (secondary N) is 2. The molecule has 2 aromatic rings. The van der Waals surface area contributed by atoms with Gasteiger partial charge in [0, 0.05) is 0 Å². The van der Waals surface area contributed by atoms with Crippen molar-refractivity contribution in [1.82, 2.24) is 10.3 Å². The lowest BCUT2D eigenvalue weighted by atomic mass is 10.2.